The van der Waals surface area contributed by atoms with E-state index in [4.69, 9.17) is 14.2 Å². The molecule has 3 aromatic rings. The third kappa shape index (κ3) is 5.11. The molecule has 3 rings (SSSR count). The van der Waals surface area contributed by atoms with Gasteiger partial charge in [0.2, 0.25) is 5.75 Å². The molecule has 0 radical (unpaired) electrons. The number of amides is 1. The van der Waals surface area contributed by atoms with Crippen LogP contribution >= 0.6 is 0 Å². The number of ether oxygens (including phenoxy) is 3. The molecule has 0 saturated heterocycles. The third-order valence-corrected chi connectivity index (χ3v) is 4.42. The van der Waals surface area contributed by atoms with Crippen molar-refractivity contribution < 1.29 is 19.0 Å². The van der Waals surface area contributed by atoms with Gasteiger partial charge in [-0.2, -0.15) is 0 Å². The van der Waals surface area contributed by atoms with E-state index in [1.807, 2.05) is 63.2 Å². The molecule has 0 fully saturated rings. The molecule has 0 spiro atoms. The van der Waals surface area contributed by atoms with Crippen LogP contribution in [0.1, 0.15) is 31.1 Å². The summed E-state index contributed by atoms with van der Waals surface area (Å²) in [6, 6.07) is 21.2. The highest BCUT2D eigenvalue weighted by Crippen LogP contribution is 2.39. The van der Waals surface area contributed by atoms with E-state index < -0.39 is 0 Å². The Labute approximate surface area is 177 Å². The average Bonchev–Trinajstić information content (AvgIpc) is 2.77. The van der Waals surface area contributed by atoms with Gasteiger partial charge in [0.1, 0.15) is 0 Å². The van der Waals surface area contributed by atoms with Gasteiger partial charge in [-0.3, -0.25) is 4.79 Å². The van der Waals surface area contributed by atoms with Crippen molar-refractivity contribution in [3.8, 4) is 28.4 Å². The molecule has 1 amide bonds. The predicted octanol–water partition coefficient (Wildman–Crippen LogP) is 5.80. The second-order valence-corrected chi connectivity index (χ2v) is 6.50. The fourth-order valence-corrected chi connectivity index (χ4v) is 3.10. The van der Waals surface area contributed by atoms with Gasteiger partial charge in [-0.05, 0) is 56.2 Å². The minimum absolute atomic E-state index is 0.243. The summed E-state index contributed by atoms with van der Waals surface area (Å²) in [6.45, 7) is 7.05. The smallest absolute Gasteiger partial charge is 0.255 e. The summed E-state index contributed by atoms with van der Waals surface area (Å²) in [4.78, 5) is 12.9. The Morgan fingerprint density at radius 3 is 1.80 bits per heavy atom. The molecule has 0 aliphatic rings. The van der Waals surface area contributed by atoms with E-state index in [0.29, 0.717) is 48.3 Å². The van der Waals surface area contributed by atoms with Crippen LogP contribution in [0, 0.1) is 0 Å². The summed E-state index contributed by atoms with van der Waals surface area (Å²) < 4.78 is 17.1. The lowest BCUT2D eigenvalue weighted by Crippen LogP contribution is -2.13. The van der Waals surface area contributed by atoms with Gasteiger partial charge in [-0.1, -0.05) is 42.5 Å². The number of hydrogen-bond acceptors (Lipinski definition) is 4. The maximum atomic E-state index is 12.9. The molecule has 0 atom stereocenters. The van der Waals surface area contributed by atoms with Crippen molar-refractivity contribution >= 4 is 11.6 Å². The monoisotopic (exact) mass is 405 g/mol. The fraction of sp³-hybridized carbons (Fsp3) is 0.240. The van der Waals surface area contributed by atoms with Crippen molar-refractivity contribution in [1.82, 2.24) is 0 Å². The molecule has 1 N–H and O–H groups in total. The van der Waals surface area contributed by atoms with E-state index in [0.717, 1.165) is 11.1 Å². The van der Waals surface area contributed by atoms with Gasteiger partial charge < -0.3 is 19.5 Å². The van der Waals surface area contributed by atoms with Crippen LogP contribution in [0.3, 0.4) is 0 Å². The van der Waals surface area contributed by atoms with Crippen LogP contribution in [0.2, 0.25) is 0 Å². The van der Waals surface area contributed by atoms with Crippen molar-refractivity contribution in [3.05, 3.63) is 72.3 Å². The fourth-order valence-electron chi connectivity index (χ4n) is 3.10. The van der Waals surface area contributed by atoms with Crippen molar-refractivity contribution in [3.63, 3.8) is 0 Å². The summed E-state index contributed by atoms with van der Waals surface area (Å²) in [5.74, 6) is 1.27. The molecule has 5 nitrogen and oxygen atoms in total. The van der Waals surface area contributed by atoms with Crippen LogP contribution in [0.25, 0.3) is 11.1 Å². The third-order valence-electron chi connectivity index (χ3n) is 4.42. The van der Waals surface area contributed by atoms with Crippen LogP contribution in [0.5, 0.6) is 17.2 Å². The number of carbonyl (C=O) groups excluding carboxylic acids is 1. The first kappa shape index (κ1) is 21.2. The quantitative estimate of drug-likeness (QED) is 0.489. The second kappa shape index (κ2) is 10.3. The summed E-state index contributed by atoms with van der Waals surface area (Å²) in [7, 11) is 0. The standard InChI is InChI=1S/C25H27NO4/c1-4-28-22-16-20(17-23(29-5-2)24(22)30-6-3)25(27)26-21-14-12-19(13-15-21)18-10-8-7-9-11-18/h7-17H,4-6H2,1-3H3,(H,26,27). The van der Waals surface area contributed by atoms with Crippen molar-refractivity contribution in [1.29, 1.82) is 0 Å². The minimum Gasteiger partial charge on any atom is -0.490 e. The lowest BCUT2D eigenvalue weighted by atomic mass is 10.1. The van der Waals surface area contributed by atoms with Gasteiger partial charge in [-0.15, -0.1) is 0 Å². The lowest BCUT2D eigenvalue weighted by Gasteiger charge is -2.17. The molecule has 0 aliphatic carbocycles. The molecule has 5 heteroatoms. The zero-order chi connectivity index (χ0) is 21.3. The summed E-state index contributed by atoms with van der Waals surface area (Å²) >= 11 is 0. The van der Waals surface area contributed by atoms with Crippen LogP contribution in [0.15, 0.2) is 66.7 Å². The van der Waals surface area contributed by atoms with Crippen LogP contribution < -0.4 is 19.5 Å². The molecular formula is C25H27NO4. The summed E-state index contributed by atoms with van der Waals surface area (Å²) in [5, 5.41) is 2.94. The van der Waals surface area contributed by atoms with Gasteiger partial charge in [0.05, 0.1) is 19.8 Å². The molecule has 0 saturated carbocycles. The number of carbonyl (C=O) groups is 1. The van der Waals surface area contributed by atoms with Crippen molar-refractivity contribution in [2.75, 3.05) is 25.1 Å². The average molecular weight is 405 g/mol. The molecule has 0 unspecified atom stereocenters. The molecule has 0 bridgehead atoms. The number of anilines is 1. The van der Waals surface area contributed by atoms with E-state index in [-0.39, 0.29) is 5.91 Å². The van der Waals surface area contributed by atoms with Crippen LogP contribution in [0.4, 0.5) is 5.69 Å². The molecule has 30 heavy (non-hydrogen) atoms. The van der Waals surface area contributed by atoms with E-state index >= 15 is 0 Å². The zero-order valence-electron chi connectivity index (χ0n) is 17.6. The Hall–Kier alpha value is -3.47. The SMILES string of the molecule is CCOc1cc(C(=O)Nc2ccc(-c3ccccc3)cc2)cc(OCC)c1OCC. The van der Waals surface area contributed by atoms with Gasteiger partial charge in [0, 0.05) is 11.3 Å². The zero-order valence-corrected chi connectivity index (χ0v) is 17.6. The van der Waals surface area contributed by atoms with Gasteiger partial charge >= 0.3 is 0 Å². The lowest BCUT2D eigenvalue weighted by molar-refractivity contribution is 0.102. The number of hydrogen-bond donors (Lipinski definition) is 1. The highest BCUT2D eigenvalue weighted by molar-refractivity contribution is 6.05. The number of rotatable bonds is 9. The maximum Gasteiger partial charge on any atom is 0.255 e. The molecule has 156 valence electrons. The van der Waals surface area contributed by atoms with E-state index in [1.165, 1.54) is 0 Å². The minimum atomic E-state index is -0.243. The summed E-state index contributed by atoms with van der Waals surface area (Å²) in [6.07, 6.45) is 0. The number of nitrogens with one attached hydrogen (secondary N) is 1. The predicted molar refractivity (Wildman–Crippen MR) is 120 cm³/mol. The Bertz CT molecular complexity index is 941. The normalized spacial score (nSPS) is 10.4. The van der Waals surface area contributed by atoms with Gasteiger partial charge in [0.15, 0.2) is 11.5 Å². The van der Waals surface area contributed by atoms with E-state index in [2.05, 4.69) is 17.4 Å². The molecular weight excluding hydrogens is 378 g/mol. The number of benzene rings is 3. The van der Waals surface area contributed by atoms with E-state index in [1.54, 1.807) is 12.1 Å². The molecule has 0 aliphatic heterocycles. The highest BCUT2D eigenvalue weighted by atomic mass is 16.5. The van der Waals surface area contributed by atoms with Crippen LogP contribution in [-0.2, 0) is 0 Å². The Balaban J connectivity index is 1.83. The van der Waals surface area contributed by atoms with E-state index in [9.17, 15) is 4.79 Å². The van der Waals surface area contributed by atoms with Gasteiger partial charge in [0.25, 0.3) is 5.91 Å². The van der Waals surface area contributed by atoms with Gasteiger partial charge in [-0.25, -0.2) is 0 Å². The Morgan fingerprint density at radius 2 is 1.27 bits per heavy atom. The van der Waals surface area contributed by atoms with Crippen molar-refractivity contribution in [2.45, 2.75) is 20.8 Å². The van der Waals surface area contributed by atoms with Crippen LogP contribution in [-0.4, -0.2) is 25.7 Å². The second-order valence-electron chi connectivity index (χ2n) is 6.50. The topological polar surface area (TPSA) is 56.8 Å². The first-order chi connectivity index (χ1) is 14.7. The first-order valence-corrected chi connectivity index (χ1v) is 10.2. The summed E-state index contributed by atoms with van der Waals surface area (Å²) in [5.41, 5.74) is 3.37. The molecule has 0 heterocycles. The largest absolute Gasteiger partial charge is 0.490 e. The molecule has 0 aromatic heterocycles. The Morgan fingerprint density at radius 1 is 0.733 bits per heavy atom. The highest BCUT2D eigenvalue weighted by Gasteiger charge is 2.18. The first-order valence-electron chi connectivity index (χ1n) is 10.2. The maximum absolute atomic E-state index is 12.9. The Kier molecular flexibility index (Phi) is 7.33. The van der Waals surface area contributed by atoms with Crippen molar-refractivity contribution in [2.24, 2.45) is 0 Å². The molecule has 3 aromatic carbocycles.